The zero-order chi connectivity index (χ0) is 14.5. The van der Waals surface area contributed by atoms with Gasteiger partial charge in [-0.2, -0.15) is 0 Å². The third-order valence-corrected chi connectivity index (χ3v) is 5.40. The number of pyridine rings is 1. The summed E-state index contributed by atoms with van der Waals surface area (Å²) in [5, 5.41) is 0. The smallest absolute Gasteiger partial charge is 0.309 e. The number of esters is 1. The molecule has 1 spiro atoms. The van der Waals surface area contributed by atoms with Gasteiger partial charge in [-0.05, 0) is 50.0 Å². The molecule has 1 aromatic rings. The molecule has 0 saturated heterocycles. The molecule has 114 valence electrons. The van der Waals surface area contributed by atoms with Gasteiger partial charge in [0.25, 0.3) is 0 Å². The van der Waals surface area contributed by atoms with Crippen molar-refractivity contribution in [3.05, 3.63) is 30.1 Å². The zero-order valence-corrected chi connectivity index (χ0v) is 12.7. The maximum absolute atomic E-state index is 12.2. The fourth-order valence-corrected chi connectivity index (χ4v) is 4.02. The van der Waals surface area contributed by atoms with Gasteiger partial charge in [-0.15, -0.1) is 0 Å². The van der Waals surface area contributed by atoms with Crippen molar-refractivity contribution in [2.24, 2.45) is 11.3 Å². The molecule has 3 nitrogen and oxygen atoms in total. The summed E-state index contributed by atoms with van der Waals surface area (Å²) in [7, 11) is 0. The minimum atomic E-state index is -0.00971. The van der Waals surface area contributed by atoms with Gasteiger partial charge in [0.05, 0.1) is 5.92 Å². The Morgan fingerprint density at radius 2 is 1.95 bits per heavy atom. The summed E-state index contributed by atoms with van der Waals surface area (Å²) in [6, 6.07) is 3.81. The highest BCUT2D eigenvalue weighted by Gasteiger charge is 2.38. The average molecular weight is 287 g/mol. The molecule has 1 aromatic heterocycles. The van der Waals surface area contributed by atoms with Crippen molar-refractivity contribution in [1.29, 1.82) is 0 Å². The Bertz CT molecular complexity index is 455. The maximum Gasteiger partial charge on any atom is 0.309 e. The third kappa shape index (κ3) is 3.63. The van der Waals surface area contributed by atoms with Crippen molar-refractivity contribution in [1.82, 2.24) is 4.98 Å². The Hall–Kier alpha value is -1.38. The number of hydrogen-bond donors (Lipinski definition) is 0. The Morgan fingerprint density at radius 3 is 2.62 bits per heavy atom. The summed E-state index contributed by atoms with van der Waals surface area (Å²) in [6.07, 6.45) is 14.9. The van der Waals surface area contributed by atoms with Crippen LogP contribution >= 0.6 is 0 Å². The molecule has 2 aliphatic rings. The van der Waals surface area contributed by atoms with Crippen LogP contribution in [-0.2, 0) is 16.1 Å². The van der Waals surface area contributed by atoms with Crippen LogP contribution in [0, 0.1) is 11.3 Å². The van der Waals surface area contributed by atoms with Crippen molar-refractivity contribution in [3.63, 3.8) is 0 Å². The number of ether oxygens (including phenoxy) is 1. The van der Waals surface area contributed by atoms with Crippen LogP contribution in [0.3, 0.4) is 0 Å². The molecule has 0 unspecified atom stereocenters. The van der Waals surface area contributed by atoms with E-state index < -0.39 is 0 Å². The molecule has 3 heteroatoms. The first-order valence-corrected chi connectivity index (χ1v) is 8.33. The number of hydrogen-bond acceptors (Lipinski definition) is 3. The van der Waals surface area contributed by atoms with Gasteiger partial charge >= 0.3 is 5.97 Å². The van der Waals surface area contributed by atoms with Crippen LogP contribution in [0.5, 0.6) is 0 Å². The quantitative estimate of drug-likeness (QED) is 0.779. The molecule has 1 heterocycles. The molecule has 3 rings (SSSR count). The Morgan fingerprint density at radius 1 is 1.19 bits per heavy atom. The van der Waals surface area contributed by atoms with Gasteiger partial charge in [0.1, 0.15) is 6.61 Å². The highest BCUT2D eigenvalue weighted by Crippen LogP contribution is 2.48. The van der Waals surface area contributed by atoms with Crippen LogP contribution < -0.4 is 0 Å². The van der Waals surface area contributed by atoms with Gasteiger partial charge in [0, 0.05) is 18.0 Å². The van der Waals surface area contributed by atoms with Gasteiger partial charge in [-0.3, -0.25) is 9.78 Å². The van der Waals surface area contributed by atoms with Crippen molar-refractivity contribution >= 4 is 5.97 Å². The zero-order valence-electron chi connectivity index (χ0n) is 12.7. The molecular formula is C18H25NO2. The molecule has 0 radical (unpaired) electrons. The van der Waals surface area contributed by atoms with E-state index in [0.29, 0.717) is 12.0 Å². The summed E-state index contributed by atoms with van der Waals surface area (Å²) in [5.41, 5.74) is 1.53. The van der Waals surface area contributed by atoms with Crippen LogP contribution in [0.15, 0.2) is 24.5 Å². The Kier molecular flexibility index (Phi) is 4.57. The molecule has 0 N–H and O–H groups in total. The molecule has 0 bridgehead atoms. The van der Waals surface area contributed by atoms with E-state index in [2.05, 4.69) is 4.98 Å². The maximum atomic E-state index is 12.2. The molecule has 2 aliphatic carbocycles. The fourth-order valence-electron chi connectivity index (χ4n) is 4.02. The molecule has 2 fully saturated rings. The minimum absolute atomic E-state index is 0.00971. The highest BCUT2D eigenvalue weighted by molar-refractivity contribution is 5.72. The van der Waals surface area contributed by atoms with Crippen molar-refractivity contribution < 1.29 is 9.53 Å². The van der Waals surface area contributed by atoms with Crippen molar-refractivity contribution in [2.75, 3.05) is 0 Å². The van der Waals surface area contributed by atoms with Gasteiger partial charge < -0.3 is 4.74 Å². The standard InChI is InChI=1S/C18H25NO2/c20-17(21-14-15-5-4-12-19-13-15)16-6-10-18(11-7-16)8-2-1-3-9-18/h4-5,12-13,16H,1-3,6-11,14H2. The van der Waals surface area contributed by atoms with Crippen molar-refractivity contribution in [2.45, 2.75) is 64.4 Å². The van der Waals surface area contributed by atoms with Crippen LogP contribution in [0.2, 0.25) is 0 Å². The van der Waals surface area contributed by atoms with Gasteiger partial charge in [0.15, 0.2) is 0 Å². The molecule has 0 atom stereocenters. The Labute approximate surface area is 127 Å². The average Bonchev–Trinajstić information content (AvgIpc) is 2.55. The van der Waals surface area contributed by atoms with Crippen LogP contribution in [0.25, 0.3) is 0 Å². The molecule has 2 saturated carbocycles. The topological polar surface area (TPSA) is 39.2 Å². The number of aromatic nitrogens is 1. The normalized spacial score (nSPS) is 22.1. The first kappa shape index (κ1) is 14.6. The van der Waals surface area contributed by atoms with Crippen LogP contribution in [0.4, 0.5) is 0 Å². The number of nitrogens with zero attached hydrogens (tertiary/aromatic N) is 1. The highest BCUT2D eigenvalue weighted by atomic mass is 16.5. The largest absolute Gasteiger partial charge is 0.461 e. The second kappa shape index (κ2) is 6.59. The fraction of sp³-hybridized carbons (Fsp3) is 0.667. The lowest BCUT2D eigenvalue weighted by Crippen LogP contribution is -2.32. The number of carbonyl (C=O) groups excluding carboxylic acids is 1. The second-order valence-corrected chi connectivity index (χ2v) is 6.80. The number of rotatable bonds is 3. The molecular weight excluding hydrogens is 262 g/mol. The van der Waals surface area contributed by atoms with E-state index in [-0.39, 0.29) is 11.9 Å². The molecule has 0 aliphatic heterocycles. The third-order valence-electron chi connectivity index (χ3n) is 5.40. The van der Waals surface area contributed by atoms with Crippen LogP contribution in [-0.4, -0.2) is 11.0 Å². The lowest BCUT2D eigenvalue weighted by molar-refractivity contribution is -0.152. The summed E-state index contributed by atoms with van der Waals surface area (Å²) in [5.74, 6) is 0.110. The lowest BCUT2D eigenvalue weighted by atomic mass is 9.63. The lowest BCUT2D eigenvalue weighted by Gasteiger charge is -2.42. The molecule has 21 heavy (non-hydrogen) atoms. The van der Waals surface area contributed by atoms with E-state index in [9.17, 15) is 4.79 Å². The SMILES string of the molecule is O=C(OCc1cccnc1)C1CCC2(CCCCC2)CC1. The number of carbonyl (C=O) groups is 1. The second-order valence-electron chi connectivity index (χ2n) is 6.80. The predicted octanol–water partition coefficient (Wildman–Crippen LogP) is 4.27. The predicted molar refractivity (Wildman–Crippen MR) is 81.5 cm³/mol. The van der Waals surface area contributed by atoms with E-state index in [1.54, 1.807) is 12.4 Å². The van der Waals surface area contributed by atoms with Crippen molar-refractivity contribution in [3.8, 4) is 0 Å². The monoisotopic (exact) mass is 287 g/mol. The summed E-state index contributed by atoms with van der Waals surface area (Å²) in [6.45, 7) is 0.355. The van der Waals surface area contributed by atoms with Crippen LogP contribution in [0.1, 0.15) is 63.4 Å². The van der Waals surface area contributed by atoms with E-state index in [0.717, 1.165) is 18.4 Å². The first-order chi connectivity index (χ1) is 10.3. The van der Waals surface area contributed by atoms with Gasteiger partial charge in [0.2, 0.25) is 0 Å². The van der Waals surface area contributed by atoms with Gasteiger partial charge in [-0.25, -0.2) is 0 Å². The van der Waals surface area contributed by atoms with E-state index in [1.165, 1.54) is 44.9 Å². The van der Waals surface area contributed by atoms with E-state index >= 15 is 0 Å². The molecule has 0 amide bonds. The Balaban J connectivity index is 1.46. The molecule has 0 aromatic carbocycles. The van der Waals surface area contributed by atoms with Gasteiger partial charge in [-0.1, -0.05) is 25.3 Å². The summed E-state index contributed by atoms with van der Waals surface area (Å²) in [4.78, 5) is 16.2. The minimum Gasteiger partial charge on any atom is -0.461 e. The first-order valence-electron chi connectivity index (χ1n) is 8.33. The summed E-state index contributed by atoms with van der Waals surface area (Å²) >= 11 is 0. The van der Waals surface area contributed by atoms with E-state index in [4.69, 9.17) is 4.74 Å². The summed E-state index contributed by atoms with van der Waals surface area (Å²) < 4.78 is 5.46. The van der Waals surface area contributed by atoms with E-state index in [1.807, 2.05) is 12.1 Å².